The van der Waals surface area contributed by atoms with Crippen molar-refractivity contribution in [3.63, 3.8) is 0 Å². The number of rotatable bonds is 4. The van der Waals surface area contributed by atoms with Crippen molar-refractivity contribution in [2.75, 3.05) is 24.3 Å². The van der Waals surface area contributed by atoms with E-state index in [9.17, 15) is 8.78 Å². The van der Waals surface area contributed by atoms with Crippen LogP contribution in [0.3, 0.4) is 0 Å². The van der Waals surface area contributed by atoms with Crippen LogP contribution in [0.5, 0.6) is 0 Å². The molecule has 0 aliphatic rings. The zero-order valence-corrected chi connectivity index (χ0v) is 10.8. The van der Waals surface area contributed by atoms with Crippen LogP contribution in [0, 0.1) is 11.6 Å². The molecular weight excluding hydrogens is 248 g/mol. The van der Waals surface area contributed by atoms with Gasteiger partial charge in [-0.05, 0) is 18.2 Å². The van der Waals surface area contributed by atoms with Gasteiger partial charge in [-0.15, -0.1) is 0 Å². The van der Waals surface area contributed by atoms with Gasteiger partial charge in [-0.2, -0.15) is 0 Å². The Balaban J connectivity index is 2.17. The Morgan fingerprint density at radius 3 is 2.68 bits per heavy atom. The molecule has 0 aliphatic carbocycles. The van der Waals surface area contributed by atoms with Gasteiger partial charge in [0.25, 0.3) is 0 Å². The van der Waals surface area contributed by atoms with Gasteiger partial charge in [0.05, 0.1) is 5.69 Å². The van der Waals surface area contributed by atoms with Crippen LogP contribution in [-0.4, -0.2) is 19.1 Å². The maximum atomic E-state index is 13.5. The predicted molar refractivity (Wildman–Crippen MR) is 72.2 cm³/mol. The van der Waals surface area contributed by atoms with Gasteiger partial charge in [-0.25, -0.2) is 13.8 Å². The number of hydrogen-bond acceptors (Lipinski definition) is 3. The molecule has 0 fully saturated rings. The minimum absolute atomic E-state index is 0.204. The van der Waals surface area contributed by atoms with E-state index in [1.165, 1.54) is 6.07 Å². The van der Waals surface area contributed by atoms with E-state index in [1.807, 2.05) is 25.1 Å². The molecule has 5 heteroatoms. The van der Waals surface area contributed by atoms with Crippen LogP contribution < -0.4 is 10.2 Å². The molecule has 19 heavy (non-hydrogen) atoms. The topological polar surface area (TPSA) is 28.2 Å². The predicted octanol–water partition coefficient (Wildman–Crippen LogP) is 3.04. The maximum absolute atomic E-state index is 13.5. The second-order valence-electron chi connectivity index (χ2n) is 4.34. The second kappa shape index (κ2) is 5.65. The van der Waals surface area contributed by atoms with E-state index in [-0.39, 0.29) is 12.1 Å². The van der Waals surface area contributed by atoms with Gasteiger partial charge < -0.3 is 10.2 Å². The van der Waals surface area contributed by atoms with Crippen molar-refractivity contribution in [1.29, 1.82) is 0 Å². The summed E-state index contributed by atoms with van der Waals surface area (Å²) >= 11 is 0. The first-order valence-electron chi connectivity index (χ1n) is 5.88. The van der Waals surface area contributed by atoms with Gasteiger partial charge in [-0.1, -0.05) is 12.1 Å². The average Bonchev–Trinajstić information content (AvgIpc) is 2.40. The van der Waals surface area contributed by atoms with Crippen LogP contribution in [0.2, 0.25) is 0 Å². The highest BCUT2D eigenvalue weighted by Gasteiger charge is 2.09. The molecule has 1 aromatic heterocycles. The lowest BCUT2D eigenvalue weighted by molar-refractivity contribution is 0.500. The van der Waals surface area contributed by atoms with Crippen molar-refractivity contribution in [3.05, 3.63) is 53.7 Å². The molecule has 0 atom stereocenters. The fourth-order valence-electron chi connectivity index (χ4n) is 1.77. The molecule has 2 rings (SSSR count). The van der Waals surface area contributed by atoms with Crippen molar-refractivity contribution in [3.8, 4) is 0 Å². The summed E-state index contributed by atoms with van der Waals surface area (Å²) in [4.78, 5) is 6.08. The van der Waals surface area contributed by atoms with Gasteiger partial charge in [0.2, 0.25) is 0 Å². The van der Waals surface area contributed by atoms with Gasteiger partial charge in [-0.3, -0.25) is 0 Å². The molecule has 1 heterocycles. The monoisotopic (exact) mass is 263 g/mol. The van der Waals surface area contributed by atoms with Crippen LogP contribution in [0.1, 0.15) is 5.56 Å². The van der Waals surface area contributed by atoms with Crippen LogP contribution in [0.4, 0.5) is 20.3 Å². The van der Waals surface area contributed by atoms with Crippen LogP contribution in [-0.2, 0) is 6.54 Å². The zero-order chi connectivity index (χ0) is 13.8. The average molecular weight is 263 g/mol. The smallest absolute Gasteiger partial charge is 0.163 e. The Bertz CT molecular complexity index is 570. The SMILES string of the molecule is CN(C)c1ncccc1NCc1cccc(F)c1F. The lowest BCUT2D eigenvalue weighted by Gasteiger charge is -2.17. The highest BCUT2D eigenvalue weighted by Crippen LogP contribution is 2.21. The molecule has 0 aliphatic heterocycles. The number of hydrogen-bond donors (Lipinski definition) is 1. The molecule has 0 bridgehead atoms. The quantitative estimate of drug-likeness (QED) is 0.919. The van der Waals surface area contributed by atoms with E-state index >= 15 is 0 Å². The summed E-state index contributed by atoms with van der Waals surface area (Å²) < 4.78 is 26.6. The number of pyridine rings is 1. The summed E-state index contributed by atoms with van der Waals surface area (Å²) in [5.41, 5.74) is 1.06. The Morgan fingerprint density at radius 1 is 1.16 bits per heavy atom. The number of nitrogens with zero attached hydrogens (tertiary/aromatic N) is 2. The van der Waals surface area contributed by atoms with Crippen molar-refractivity contribution in [1.82, 2.24) is 4.98 Å². The third kappa shape index (κ3) is 2.99. The number of benzene rings is 1. The standard InChI is InChI=1S/C14H15F2N3/c1-19(2)14-12(7-4-8-17-14)18-9-10-5-3-6-11(15)13(10)16/h3-8,18H,9H2,1-2H3. The first kappa shape index (κ1) is 13.3. The first-order valence-corrected chi connectivity index (χ1v) is 5.88. The Labute approximate surface area is 110 Å². The molecule has 0 radical (unpaired) electrons. The summed E-state index contributed by atoms with van der Waals surface area (Å²) in [6.45, 7) is 0.204. The largest absolute Gasteiger partial charge is 0.378 e. The summed E-state index contributed by atoms with van der Waals surface area (Å²) in [6, 6.07) is 7.79. The van der Waals surface area contributed by atoms with E-state index in [2.05, 4.69) is 10.3 Å². The Morgan fingerprint density at radius 2 is 1.95 bits per heavy atom. The highest BCUT2D eigenvalue weighted by atomic mass is 19.2. The molecule has 2 aromatic rings. The second-order valence-corrected chi connectivity index (χ2v) is 4.34. The molecule has 0 saturated heterocycles. The fourth-order valence-corrected chi connectivity index (χ4v) is 1.77. The molecule has 100 valence electrons. The molecule has 1 N–H and O–H groups in total. The summed E-state index contributed by atoms with van der Waals surface area (Å²) in [5, 5.41) is 3.07. The normalized spacial score (nSPS) is 10.3. The molecule has 0 amide bonds. The minimum Gasteiger partial charge on any atom is -0.378 e. The molecule has 3 nitrogen and oxygen atoms in total. The Kier molecular flexibility index (Phi) is 3.94. The van der Waals surface area contributed by atoms with Crippen LogP contribution in [0.25, 0.3) is 0 Å². The third-order valence-corrected chi connectivity index (χ3v) is 2.71. The lowest BCUT2D eigenvalue weighted by atomic mass is 10.2. The Hall–Kier alpha value is -2.17. The van der Waals surface area contributed by atoms with E-state index in [1.54, 1.807) is 18.3 Å². The number of nitrogens with one attached hydrogen (secondary N) is 1. The molecule has 0 saturated carbocycles. The number of aromatic nitrogens is 1. The minimum atomic E-state index is -0.835. The summed E-state index contributed by atoms with van der Waals surface area (Å²) in [6.07, 6.45) is 1.68. The van der Waals surface area contributed by atoms with Crippen molar-refractivity contribution in [2.24, 2.45) is 0 Å². The van der Waals surface area contributed by atoms with E-state index in [4.69, 9.17) is 0 Å². The van der Waals surface area contributed by atoms with E-state index < -0.39 is 11.6 Å². The molecule has 0 spiro atoms. The third-order valence-electron chi connectivity index (χ3n) is 2.71. The van der Waals surface area contributed by atoms with Crippen LogP contribution in [0.15, 0.2) is 36.5 Å². The number of anilines is 2. The summed E-state index contributed by atoms with van der Waals surface area (Å²) in [7, 11) is 3.74. The van der Waals surface area contributed by atoms with Crippen LogP contribution >= 0.6 is 0 Å². The lowest BCUT2D eigenvalue weighted by Crippen LogP contribution is -2.14. The van der Waals surface area contributed by atoms with Gasteiger partial charge in [0.1, 0.15) is 0 Å². The first-order chi connectivity index (χ1) is 9.09. The van der Waals surface area contributed by atoms with E-state index in [0.717, 1.165) is 17.6 Å². The summed E-state index contributed by atoms with van der Waals surface area (Å²) in [5.74, 6) is -0.900. The van der Waals surface area contributed by atoms with Gasteiger partial charge in [0, 0.05) is 32.4 Å². The maximum Gasteiger partial charge on any atom is 0.163 e. The molecule has 0 unspecified atom stereocenters. The van der Waals surface area contributed by atoms with Crippen molar-refractivity contribution in [2.45, 2.75) is 6.54 Å². The van der Waals surface area contributed by atoms with Gasteiger partial charge >= 0.3 is 0 Å². The van der Waals surface area contributed by atoms with Crippen molar-refractivity contribution >= 4 is 11.5 Å². The molecular formula is C14H15F2N3. The zero-order valence-electron chi connectivity index (χ0n) is 10.8. The number of halogens is 2. The fraction of sp³-hybridized carbons (Fsp3) is 0.214. The molecule has 1 aromatic carbocycles. The highest BCUT2D eigenvalue weighted by molar-refractivity contribution is 5.64. The van der Waals surface area contributed by atoms with E-state index in [0.29, 0.717) is 0 Å². The van der Waals surface area contributed by atoms with Crippen molar-refractivity contribution < 1.29 is 8.78 Å². The van der Waals surface area contributed by atoms with Gasteiger partial charge in [0.15, 0.2) is 17.5 Å².